The van der Waals surface area contributed by atoms with E-state index in [0.29, 0.717) is 28.7 Å². The summed E-state index contributed by atoms with van der Waals surface area (Å²) in [5, 5.41) is 16.9. The molecule has 0 bridgehead atoms. The van der Waals surface area contributed by atoms with E-state index in [1.54, 1.807) is 12.1 Å². The van der Waals surface area contributed by atoms with Gasteiger partial charge in [-0.05, 0) is 24.3 Å². The molecule has 7 heteroatoms. The molecule has 0 amide bonds. The summed E-state index contributed by atoms with van der Waals surface area (Å²) in [4.78, 5) is 0. The number of nitriles is 1. The molecule has 92 valence electrons. The minimum absolute atomic E-state index is 0.314. The van der Waals surface area contributed by atoms with Gasteiger partial charge in [-0.25, -0.2) is 9.07 Å². The highest BCUT2D eigenvalue weighted by molar-refractivity contribution is 7.99. The standard InChI is InChI=1S/C11H10FN5S/c12-9-4-2-8(3-5-9)10-15-16-11(17(10)14)18-7-1-6-13/h2-5H,1,7,14H2. The van der Waals surface area contributed by atoms with Gasteiger partial charge in [0.15, 0.2) is 5.82 Å². The summed E-state index contributed by atoms with van der Waals surface area (Å²) in [6, 6.07) is 7.90. The molecule has 2 aromatic rings. The number of halogens is 1. The van der Waals surface area contributed by atoms with Gasteiger partial charge in [-0.3, -0.25) is 0 Å². The highest BCUT2D eigenvalue weighted by Crippen LogP contribution is 2.21. The predicted octanol–water partition coefficient (Wildman–Crippen LogP) is 1.80. The number of hydrogen-bond acceptors (Lipinski definition) is 5. The number of aromatic nitrogens is 3. The van der Waals surface area contributed by atoms with Crippen molar-refractivity contribution in [3.05, 3.63) is 30.1 Å². The molecule has 0 unspecified atom stereocenters. The second kappa shape index (κ2) is 5.51. The van der Waals surface area contributed by atoms with E-state index in [1.807, 2.05) is 6.07 Å². The second-order valence-electron chi connectivity index (χ2n) is 3.44. The molecule has 18 heavy (non-hydrogen) atoms. The zero-order chi connectivity index (χ0) is 13.0. The van der Waals surface area contributed by atoms with Crippen LogP contribution in [-0.4, -0.2) is 20.6 Å². The van der Waals surface area contributed by atoms with Gasteiger partial charge in [0.1, 0.15) is 5.82 Å². The molecule has 1 aromatic carbocycles. The maximum atomic E-state index is 12.8. The first-order chi connectivity index (χ1) is 8.72. The third kappa shape index (κ3) is 2.60. The van der Waals surface area contributed by atoms with Crippen LogP contribution in [0.15, 0.2) is 29.4 Å². The van der Waals surface area contributed by atoms with Crippen molar-refractivity contribution in [1.82, 2.24) is 14.9 Å². The van der Waals surface area contributed by atoms with Crippen LogP contribution in [0.25, 0.3) is 11.4 Å². The second-order valence-corrected chi connectivity index (χ2v) is 4.50. The Kier molecular flexibility index (Phi) is 3.79. The van der Waals surface area contributed by atoms with Gasteiger partial charge < -0.3 is 5.84 Å². The lowest BCUT2D eigenvalue weighted by Gasteiger charge is -2.02. The number of thioether (sulfide) groups is 1. The molecule has 0 saturated heterocycles. The van der Waals surface area contributed by atoms with Crippen LogP contribution in [0, 0.1) is 17.1 Å². The van der Waals surface area contributed by atoms with Crippen molar-refractivity contribution in [2.45, 2.75) is 11.6 Å². The average Bonchev–Trinajstić information content (AvgIpc) is 2.73. The molecular formula is C11H10FN5S. The highest BCUT2D eigenvalue weighted by Gasteiger charge is 2.11. The quantitative estimate of drug-likeness (QED) is 0.517. The van der Waals surface area contributed by atoms with E-state index in [0.717, 1.165) is 0 Å². The van der Waals surface area contributed by atoms with Crippen LogP contribution in [0.4, 0.5) is 4.39 Å². The van der Waals surface area contributed by atoms with Gasteiger partial charge >= 0.3 is 0 Å². The van der Waals surface area contributed by atoms with Crippen LogP contribution < -0.4 is 5.84 Å². The third-order valence-corrected chi connectivity index (χ3v) is 3.16. The molecule has 0 fully saturated rings. The highest BCUT2D eigenvalue weighted by atomic mass is 32.2. The van der Waals surface area contributed by atoms with Crippen molar-refractivity contribution in [1.29, 1.82) is 5.26 Å². The number of hydrogen-bond donors (Lipinski definition) is 1. The van der Waals surface area contributed by atoms with Gasteiger partial charge in [-0.2, -0.15) is 5.26 Å². The minimum atomic E-state index is -0.314. The van der Waals surface area contributed by atoms with Crippen molar-refractivity contribution in [3.63, 3.8) is 0 Å². The zero-order valence-electron chi connectivity index (χ0n) is 9.38. The Morgan fingerprint density at radius 3 is 2.72 bits per heavy atom. The zero-order valence-corrected chi connectivity index (χ0v) is 10.2. The third-order valence-electron chi connectivity index (χ3n) is 2.21. The van der Waals surface area contributed by atoms with Crippen molar-refractivity contribution < 1.29 is 4.39 Å². The largest absolute Gasteiger partial charge is 0.335 e. The molecule has 1 heterocycles. The molecule has 2 N–H and O–H groups in total. The lowest BCUT2D eigenvalue weighted by atomic mass is 10.2. The Morgan fingerprint density at radius 1 is 1.33 bits per heavy atom. The topological polar surface area (TPSA) is 80.5 Å². The van der Waals surface area contributed by atoms with Crippen molar-refractivity contribution in [2.75, 3.05) is 11.6 Å². The Labute approximate surface area is 107 Å². The van der Waals surface area contributed by atoms with E-state index in [2.05, 4.69) is 10.2 Å². The fraction of sp³-hybridized carbons (Fsp3) is 0.182. The van der Waals surface area contributed by atoms with Crippen LogP contribution in [0.5, 0.6) is 0 Å². The smallest absolute Gasteiger partial charge is 0.210 e. The summed E-state index contributed by atoms with van der Waals surface area (Å²) in [6.45, 7) is 0. The van der Waals surface area contributed by atoms with E-state index < -0.39 is 0 Å². The van der Waals surface area contributed by atoms with Crippen molar-refractivity contribution in [3.8, 4) is 17.5 Å². The monoisotopic (exact) mass is 263 g/mol. The van der Waals surface area contributed by atoms with E-state index >= 15 is 0 Å². The summed E-state index contributed by atoms with van der Waals surface area (Å²) >= 11 is 1.36. The molecule has 2 rings (SSSR count). The Morgan fingerprint density at radius 2 is 2.06 bits per heavy atom. The average molecular weight is 263 g/mol. The predicted molar refractivity (Wildman–Crippen MR) is 66.5 cm³/mol. The Hall–Kier alpha value is -2.07. The van der Waals surface area contributed by atoms with Crippen LogP contribution >= 0.6 is 11.8 Å². The van der Waals surface area contributed by atoms with Crippen molar-refractivity contribution in [2.24, 2.45) is 0 Å². The Balaban J connectivity index is 2.20. The van der Waals surface area contributed by atoms with E-state index in [-0.39, 0.29) is 5.82 Å². The fourth-order valence-corrected chi connectivity index (χ4v) is 2.06. The van der Waals surface area contributed by atoms with Gasteiger partial charge in [0.05, 0.1) is 6.07 Å². The summed E-state index contributed by atoms with van der Waals surface area (Å²) in [5.41, 5.74) is 0.693. The molecular weight excluding hydrogens is 253 g/mol. The number of rotatable bonds is 4. The van der Waals surface area contributed by atoms with Gasteiger partial charge in [-0.15, -0.1) is 10.2 Å². The lowest BCUT2D eigenvalue weighted by molar-refractivity contribution is 0.628. The number of benzene rings is 1. The normalized spacial score (nSPS) is 10.2. The van der Waals surface area contributed by atoms with Crippen LogP contribution in [0.2, 0.25) is 0 Å². The molecule has 1 aromatic heterocycles. The lowest BCUT2D eigenvalue weighted by Crippen LogP contribution is -2.11. The molecule has 0 atom stereocenters. The van der Waals surface area contributed by atoms with Gasteiger partial charge in [0.2, 0.25) is 5.16 Å². The fourth-order valence-electron chi connectivity index (χ4n) is 1.36. The number of nitrogens with two attached hydrogens (primary N) is 1. The summed E-state index contributed by atoms with van der Waals surface area (Å²) in [7, 11) is 0. The first-order valence-corrected chi connectivity index (χ1v) is 6.17. The van der Waals surface area contributed by atoms with E-state index in [1.165, 1.54) is 28.6 Å². The summed E-state index contributed by atoms with van der Waals surface area (Å²) in [6.07, 6.45) is 0.420. The van der Waals surface area contributed by atoms with Gasteiger partial charge in [-0.1, -0.05) is 11.8 Å². The van der Waals surface area contributed by atoms with Crippen molar-refractivity contribution >= 4 is 11.8 Å². The van der Waals surface area contributed by atoms with Crippen LogP contribution in [0.3, 0.4) is 0 Å². The first kappa shape index (κ1) is 12.4. The minimum Gasteiger partial charge on any atom is -0.335 e. The Bertz CT molecular complexity index is 572. The molecule has 0 saturated carbocycles. The van der Waals surface area contributed by atoms with Gasteiger partial charge in [0.25, 0.3) is 0 Å². The van der Waals surface area contributed by atoms with Crippen LogP contribution in [-0.2, 0) is 0 Å². The van der Waals surface area contributed by atoms with E-state index in [4.69, 9.17) is 11.1 Å². The molecule has 0 aliphatic heterocycles. The number of nitrogen functional groups attached to an aromatic ring is 1. The number of nitrogens with zero attached hydrogens (tertiary/aromatic N) is 4. The SMILES string of the molecule is N#CCCSc1nnc(-c2ccc(F)cc2)n1N. The van der Waals surface area contributed by atoms with E-state index in [9.17, 15) is 4.39 Å². The molecule has 5 nitrogen and oxygen atoms in total. The molecule has 0 radical (unpaired) electrons. The molecule has 0 aliphatic rings. The summed E-state index contributed by atoms with van der Waals surface area (Å²) in [5.74, 6) is 6.61. The maximum Gasteiger partial charge on any atom is 0.210 e. The van der Waals surface area contributed by atoms with Crippen LogP contribution in [0.1, 0.15) is 6.42 Å². The first-order valence-electron chi connectivity index (χ1n) is 5.18. The molecule has 0 spiro atoms. The molecule has 0 aliphatic carbocycles. The summed E-state index contributed by atoms with van der Waals surface area (Å²) < 4.78 is 14.1. The van der Waals surface area contributed by atoms with Gasteiger partial charge in [0, 0.05) is 17.7 Å². The maximum absolute atomic E-state index is 12.8.